The highest BCUT2D eigenvalue weighted by Gasteiger charge is 2.20. The summed E-state index contributed by atoms with van der Waals surface area (Å²) in [6.07, 6.45) is 1.40. The van der Waals surface area contributed by atoms with Gasteiger partial charge in [0.25, 0.3) is 5.91 Å². The molecule has 9 heteroatoms. The lowest BCUT2D eigenvalue weighted by Crippen LogP contribution is -2.26. The lowest BCUT2D eigenvalue weighted by molar-refractivity contribution is 0.0781. The monoisotopic (exact) mass is 382 g/mol. The zero-order chi connectivity index (χ0) is 19.4. The molecule has 0 radical (unpaired) electrons. The Hall–Kier alpha value is -3.44. The number of benzene rings is 2. The minimum Gasteiger partial charge on any atom is -0.496 e. The first-order valence-corrected chi connectivity index (χ1v) is 8.26. The largest absolute Gasteiger partial charge is 0.496 e. The van der Waals surface area contributed by atoms with Crippen molar-refractivity contribution >= 4 is 17.5 Å². The Kier molecular flexibility index (Phi) is 5.33. The summed E-state index contributed by atoms with van der Waals surface area (Å²) < 4.78 is 6.76. The first kappa shape index (κ1) is 18.4. The Morgan fingerprint density at radius 1 is 1.33 bits per heavy atom. The van der Waals surface area contributed by atoms with E-state index in [-0.39, 0.29) is 5.91 Å². The van der Waals surface area contributed by atoms with Gasteiger partial charge in [-0.1, -0.05) is 23.7 Å². The van der Waals surface area contributed by atoms with Gasteiger partial charge in [0.2, 0.25) is 0 Å². The summed E-state index contributed by atoms with van der Waals surface area (Å²) in [6.45, 7) is 0.375. The Morgan fingerprint density at radius 3 is 2.67 bits per heavy atom. The third-order valence-corrected chi connectivity index (χ3v) is 4.25. The number of carbonyl (C=O) groups is 1. The quantitative estimate of drug-likeness (QED) is 0.672. The number of tetrazole rings is 1. The maximum atomic E-state index is 12.9. The van der Waals surface area contributed by atoms with Gasteiger partial charge in [0, 0.05) is 19.7 Å². The molecule has 2 aromatic carbocycles. The molecule has 27 heavy (non-hydrogen) atoms. The van der Waals surface area contributed by atoms with Crippen LogP contribution < -0.4 is 4.74 Å². The number of hydrogen-bond acceptors (Lipinski definition) is 6. The van der Waals surface area contributed by atoms with Crippen LogP contribution in [0.2, 0.25) is 5.02 Å². The number of hydrogen-bond donors (Lipinski definition) is 0. The SMILES string of the molecule is COc1cc(-n2cnnn2)c(Cl)cc1C(=O)N(C)Cc1ccc(C#N)cc1. The zero-order valence-corrected chi connectivity index (χ0v) is 15.4. The van der Waals surface area contributed by atoms with Crippen molar-refractivity contribution in [2.45, 2.75) is 6.54 Å². The Morgan fingerprint density at radius 2 is 2.07 bits per heavy atom. The number of methoxy groups -OCH3 is 1. The molecule has 0 unspecified atom stereocenters. The fraction of sp³-hybridized carbons (Fsp3) is 0.167. The summed E-state index contributed by atoms with van der Waals surface area (Å²) in [5.74, 6) is 0.114. The lowest BCUT2D eigenvalue weighted by atomic mass is 10.1. The van der Waals surface area contributed by atoms with Crippen LogP contribution in [-0.4, -0.2) is 45.2 Å². The molecule has 0 N–H and O–H groups in total. The van der Waals surface area contributed by atoms with E-state index in [1.54, 1.807) is 30.1 Å². The number of amides is 1. The minimum atomic E-state index is -0.249. The van der Waals surface area contributed by atoms with E-state index < -0.39 is 0 Å². The molecule has 0 aliphatic rings. The highest BCUT2D eigenvalue weighted by atomic mass is 35.5. The first-order chi connectivity index (χ1) is 13.0. The van der Waals surface area contributed by atoms with Crippen LogP contribution in [0.15, 0.2) is 42.7 Å². The Balaban J connectivity index is 1.86. The van der Waals surface area contributed by atoms with Crippen molar-refractivity contribution < 1.29 is 9.53 Å². The molecular formula is C18H15ClN6O2. The minimum absolute atomic E-state index is 0.249. The van der Waals surface area contributed by atoms with Gasteiger partial charge in [-0.15, -0.1) is 5.10 Å². The normalized spacial score (nSPS) is 10.3. The van der Waals surface area contributed by atoms with Crippen molar-refractivity contribution in [1.29, 1.82) is 5.26 Å². The predicted octanol–water partition coefficient (Wildman–Crippen LogP) is 2.47. The molecule has 0 saturated carbocycles. The number of nitrogens with zero attached hydrogens (tertiary/aromatic N) is 6. The van der Waals surface area contributed by atoms with Gasteiger partial charge in [0.1, 0.15) is 12.1 Å². The van der Waals surface area contributed by atoms with E-state index in [1.807, 2.05) is 12.1 Å². The molecular weight excluding hydrogens is 368 g/mol. The van der Waals surface area contributed by atoms with Crippen LogP contribution in [0.3, 0.4) is 0 Å². The van der Waals surface area contributed by atoms with Crippen LogP contribution in [0, 0.1) is 11.3 Å². The van der Waals surface area contributed by atoms with Gasteiger partial charge >= 0.3 is 0 Å². The van der Waals surface area contributed by atoms with Crippen LogP contribution in [0.1, 0.15) is 21.5 Å². The van der Waals surface area contributed by atoms with Gasteiger partial charge in [-0.05, 0) is 34.2 Å². The fourth-order valence-corrected chi connectivity index (χ4v) is 2.81. The highest BCUT2D eigenvalue weighted by molar-refractivity contribution is 6.33. The van der Waals surface area contributed by atoms with E-state index in [0.717, 1.165) is 5.56 Å². The summed E-state index contributed by atoms with van der Waals surface area (Å²) in [5.41, 5.74) is 2.31. The van der Waals surface area contributed by atoms with Crippen molar-refractivity contribution in [3.63, 3.8) is 0 Å². The van der Waals surface area contributed by atoms with Gasteiger partial charge < -0.3 is 9.64 Å². The number of nitriles is 1. The standard InChI is InChI=1S/C18H15ClN6O2/c1-24(10-13-5-3-12(9-20)4-6-13)18(26)14-7-15(19)16(8-17(14)27-2)25-11-21-22-23-25/h3-8,11H,10H2,1-2H3. The van der Waals surface area contributed by atoms with Crippen LogP contribution in [0.5, 0.6) is 5.75 Å². The molecule has 0 aliphatic heterocycles. The van der Waals surface area contributed by atoms with Crippen LogP contribution in [0.25, 0.3) is 5.69 Å². The van der Waals surface area contributed by atoms with Crippen molar-refractivity contribution in [2.24, 2.45) is 0 Å². The topological polar surface area (TPSA) is 96.9 Å². The second-order valence-electron chi connectivity index (χ2n) is 5.73. The van der Waals surface area contributed by atoms with E-state index in [2.05, 4.69) is 21.6 Å². The van der Waals surface area contributed by atoms with E-state index in [0.29, 0.717) is 34.1 Å². The van der Waals surface area contributed by atoms with Crippen molar-refractivity contribution in [1.82, 2.24) is 25.1 Å². The van der Waals surface area contributed by atoms with E-state index >= 15 is 0 Å². The molecule has 1 aromatic heterocycles. The molecule has 3 rings (SSSR count). The van der Waals surface area contributed by atoms with E-state index in [1.165, 1.54) is 24.2 Å². The molecule has 8 nitrogen and oxygen atoms in total. The van der Waals surface area contributed by atoms with E-state index in [4.69, 9.17) is 21.6 Å². The maximum Gasteiger partial charge on any atom is 0.257 e. The Bertz CT molecular complexity index is 996. The summed E-state index contributed by atoms with van der Waals surface area (Å²) in [4.78, 5) is 14.4. The molecule has 0 aliphatic carbocycles. The van der Waals surface area contributed by atoms with Gasteiger partial charge in [0.05, 0.1) is 35.0 Å². The number of carbonyl (C=O) groups excluding carboxylic acids is 1. The van der Waals surface area contributed by atoms with Crippen LogP contribution >= 0.6 is 11.6 Å². The lowest BCUT2D eigenvalue weighted by Gasteiger charge is -2.19. The molecule has 1 heterocycles. The van der Waals surface area contributed by atoms with Crippen molar-refractivity contribution in [3.8, 4) is 17.5 Å². The second kappa shape index (κ2) is 7.85. The zero-order valence-electron chi connectivity index (χ0n) is 14.6. The highest BCUT2D eigenvalue weighted by Crippen LogP contribution is 2.30. The molecule has 0 atom stereocenters. The fourth-order valence-electron chi connectivity index (χ4n) is 2.56. The number of aromatic nitrogens is 4. The molecule has 0 spiro atoms. The maximum absolute atomic E-state index is 12.9. The Labute approximate surface area is 160 Å². The second-order valence-corrected chi connectivity index (χ2v) is 6.14. The molecule has 0 saturated heterocycles. The average Bonchev–Trinajstić information content (AvgIpc) is 3.22. The molecule has 0 bridgehead atoms. The summed E-state index contributed by atoms with van der Waals surface area (Å²) in [5, 5.41) is 20.1. The smallest absolute Gasteiger partial charge is 0.257 e. The first-order valence-electron chi connectivity index (χ1n) is 7.89. The predicted molar refractivity (Wildman–Crippen MR) is 97.7 cm³/mol. The third kappa shape index (κ3) is 3.88. The molecule has 136 valence electrons. The van der Waals surface area contributed by atoms with Crippen LogP contribution in [-0.2, 0) is 6.54 Å². The van der Waals surface area contributed by atoms with Crippen molar-refractivity contribution in [3.05, 3.63) is 64.4 Å². The average molecular weight is 383 g/mol. The van der Waals surface area contributed by atoms with Gasteiger partial charge in [-0.25, -0.2) is 0 Å². The molecule has 3 aromatic rings. The van der Waals surface area contributed by atoms with Gasteiger partial charge in [-0.3, -0.25) is 4.79 Å². The summed E-state index contributed by atoms with van der Waals surface area (Å²) >= 11 is 6.32. The third-order valence-electron chi connectivity index (χ3n) is 3.94. The molecule has 0 fully saturated rings. The summed E-state index contributed by atoms with van der Waals surface area (Å²) in [6, 6.07) is 12.3. The number of rotatable bonds is 5. The van der Waals surface area contributed by atoms with Gasteiger partial charge in [-0.2, -0.15) is 9.94 Å². The van der Waals surface area contributed by atoms with Crippen LogP contribution in [0.4, 0.5) is 0 Å². The summed E-state index contributed by atoms with van der Waals surface area (Å²) in [7, 11) is 3.16. The number of ether oxygens (including phenoxy) is 1. The van der Waals surface area contributed by atoms with E-state index in [9.17, 15) is 4.79 Å². The van der Waals surface area contributed by atoms with Gasteiger partial charge in [0.15, 0.2) is 0 Å². The molecule has 1 amide bonds. The van der Waals surface area contributed by atoms with Crippen molar-refractivity contribution in [2.75, 3.05) is 14.2 Å². The number of halogens is 1.